The Balaban J connectivity index is 2.12. The smallest absolute Gasteiger partial charge is 0.257 e. The first-order valence-corrected chi connectivity index (χ1v) is 6.41. The molecule has 108 valence electrons. The van der Waals surface area contributed by atoms with Crippen LogP contribution in [0, 0.1) is 5.95 Å². The zero-order valence-corrected chi connectivity index (χ0v) is 11.4. The highest BCUT2D eigenvalue weighted by Gasteiger charge is 2.09. The van der Waals surface area contributed by atoms with Gasteiger partial charge in [-0.2, -0.15) is 4.39 Å². The third kappa shape index (κ3) is 3.85. The Labute approximate surface area is 121 Å². The van der Waals surface area contributed by atoms with Crippen molar-refractivity contribution < 1.29 is 14.0 Å². The molecule has 6 heteroatoms. The Morgan fingerprint density at radius 2 is 1.95 bits per heavy atom. The molecule has 0 saturated heterocycles. The molecule has 0 atom stereocenters. The first-order chi connectivity index (χ1) is 10.1. The third-order valence-electron chi connectivity index (χ3n) is 2.71. The number of hydrogen-bond donors (Lipinski definition) is 2. The van der Waals surface area contributed by atoms with Crippen LogP contribution in [0.5, 0.6) is 0 Å². The molecule has 0 unspecified atom stereocenters. The number of halogens is 1. The number of nitrogens with one attached hydrogen (secondary N) is 2. The quantitative estimate of drug-likeness (QED) is 0.847. The van der Waals surface area contributed by atoms with Crippen molar-refractivity contribution in [1.82, 2.24) is 10.3 Å². The first-order valence-electron chi connectivity index (χ1n) is 6.41. The summed E-state index contributed by atoms with van der Waals surface area (Å²) in [5.74, 6) is -1.28. The molecule has 0 aliphatic heterocycles. The number of hydrogen-bond acceptors (Lipinski definition) is 3. The van der Waals surface area contributed by atoms with Crippen LogP contribution in [0.2, 0.25) is 0 Å². The molecule has 0 spiro atoms. The largest absolute Gasteiger partial charge is 0.352 e. The van der Waals surface area contributed by atoms with Crippen molar-refractivity contribution in [2.24, 2.45) is 0 Å². The lowest BCUT2D eigenvalue weighted by Crippen LogP contribution is -2.22. The van der Waals surface area contributed by atoms with Crippen molar-refractivity contribution in [2.45, 2.75) is 6.92 Å². The van der Waals surface area contributed by atoms with Gasteiger partial charge in [0.05, 0.1) is 5.56 Å². The van der Waals surface area contributed by atoms with Gasteiger partial charge in [0.15, 0.2) is 0 Å². The van der Waals surface area contributed by atoms with Crippen molar-refractivity contribution in [1.29, 1.82) is 0 Å². The van der Waals surface area contributed by atoms with Gasteiger partial charge in [-0.15, -0.1) is 0 Å². The van der Waals surface area contributed by atoms with E-state index in [2.05, 4.69) is 15.6 Å². The standard InChI is InChI=1S/C15H14FN3O2/c1-2-17-14(20)10-4-3-5-12(8-10)19-15(21)11-6-7-13(16)18-9-11/h3-9H,2H2,1H3,(H,17,20)(H,19,21). The lowest BCUT2D eigenvalue weighted by atomic mass is 10.1. The van der Waals surface area contributed by atoms with Gasteiger partial charge in [-0.3, -0.25) is 9.59 Å². The highest BCUT2D eigenvalue weighted by atomic mass is 19.1. The molecule has 0 saturated carbocycles. The van der Waals surface area contributed by atoms with Crippen molar-refractivity contribution >= 4 is 17.5 Å². The third-order valence-corrected chi connectivity index (χ3v) is 2.71. The van der Waals surface area contributed by atoms with E-state index in [-0.39, 0.29) is 11.5 Å². The number of aromatic nitrogens is 1. The summed E-state index contributed by atoms with van der Waals surface area (Å²) in [5.41, 5.74) is 1.17. The Morgan fingerprint density at radius 1 is 1.14 bits per heavy atom. The average molecular weight is 287 g/mol. The van der Waals surface area contributed by atoms with Crippen LogP contribution in [-0.4, -0.2) is 23.3 Å². The van der Waals surface area contributed by atoms with E-state index in [1.54, 1.807) is 24.3 Å². The fourth-order valence-corrected chi connectivity index (χ4v) is 1.71. The van der Waals surface area contributed by atoms with Crippen molar-refractivity contribution in [3.8, 4) is 0 Å². The number of anilines is 1. The number of pyridine rings is 1. The summed E-state index contributed by atoms with van der Waals surface area (Å²) < 4.78 is 12.7. The molecule has 0 radical (unpaired) electrons. The maximum Gasteiger partial charge on any atom is 0.257 e. The molecule has 2 N–H and O–H groups in total. The zero-order chi connectivity index (χ0) is 15.2. The van der Waals surface area contributed by atoms with E-state index in [0.717, 1.165) is 12.3 Å². The zero-order valence-electron chi connectivity index (χ0n) is 11.4. The van der Waals surface area contributed by atoms with Gasteiger partial charge in [0, 0.05) is 24.0 Å². The Kier molecular flexibility index (Phi) is 4.61. The molecule has 1 aromatic carbocycles. The minimum absolute atomic E-state index is 0.211. The van der Waals surface area contributed by atoms with Crippen LogP contribution in [0.1, 0.15) is 27.6 Å². The van der Waals surface area contributed by atoms with Crippen molar-refractivity contribution in [2.75, 3.05) is 11.9 Å². The van der Waals surface area contributed by atoms with E-state index in [0.29, 0.717) is 17.8 Å². The SMILES string of the molecule is CCNC(=O)c1cccc(NC(=O)c2ccc(F)nc2)c1. The predicted molar refractivity (Wildman–Crippen MR) is 76.6 cm³/mol. The topological polar surface area (TPSA) is 71.1 Å². The molecular weight excluding hydrogens is 273 g/mol. The van der Waals surface area contributed by atoms with Crippen LogP contribution in [0.4, 0.5) is 10.1 Å². The number of nitrogens with zero attached hydrogens (tertiary/aromatic N) is 1. The second-order valence-electron chi connectivity index (χ2n) is 4.26. The molecule has 0 aliphatic carbocycles. The number of benzene rings is 1. The summed E-state index contributed by atoms with van der Waals surface area (Å²) in [7, 11) is 0. The summed E-state index contributed by atoms with van der Waals surface area (Å²) in [5, 5.41) is 5.31. The molecule has 0 bridgehead atoms. The van der Waals surface area contributed by atoms with E-state index in [1.165, 1.54) is 6.07 Å². The van der Waals surface area contributed by atoms with E-state index in [9.17, 15) is 14.0 Å². The molecule has 1 heterocycles. The normalized spacial score (nSPS) is 10.0. The van der Waals surface area contributed by atoms with Gasteiger partial charge in [-0.1, -0.05) is 6.07 Å². The summed E-state index contributed by atoms with van der Waals surface area (Å²) in [6.07, 6.45) is 1.15. The van der Waals surface area contributed by atoms with Gasteiger partial charge in [0.1, 0.15) is 0 Å². The molecular formula is C15H14FN3O2. The summed E-state index contributed by atoms with van der Waals surface area (Å²) in [6.45, 7) is 2.35. The lowest BCUT2D eigenvalue weighted by molar-refractivity contribution is 0.0954. The summed E-state index contributed by atoms with van der Waals surface area (Å²) in [6, 6.07) is 9.01. The maximum absolute atomic E-state index is 12.7. The highest BCUT2D eigenvalue weighted by Crippen LogP contribution is 2.12. The van der Waals surface area contributed by atoms with Gasteiger partial charge in [0.2, 0.25) is 5.95 Å². The highest BCUT2D eigenvalue weighted by molar-refractivity contribution is 6.04. The molecule has 2 aromatic rings. The summed E-state index contributed by atoms with van der Waals surface area (Å²) >= 11 is 0. The fourth-order valence-electron chi connectivity index (χ4n) is 1.71. The van der Waals surface area contributed by atoms with E-state index >= 15 is 0 Å². The van der Waals surface area contributed by atoms with Crippen molar-refractivity contribution in [3.05, 3.63) is 59.7 Å². The van der Waals surface area contributed by atoms with Crippen LogP contribution in [0.15, 0.2) is 42.6 Å². The van der Waals surface area contributed by atoms with Gasteiger partial charge in [-0.25, -0.2) is 4.98 Å². The minimum Gasteiger partial charge on any atom is -0.352 e. The first kappa shape index (κ1) is 14.6. The van der Waals surface area contributed by atoms with E-state index in [4.69, 9.17) is 0 Å². The summed E-state index contributed by atoms with van der Waals surface area (Å²) in [4.78, 5) is 27.1. The number of carbonyl (C=O) groups is 2. The molecule has 1 aromatic heterocycles. The molecule has 2 amide bonds. The van der Waals surface area contributed by atoms with E-state index in [1.807, 2.05) is 6.92 Å². The molecule has 0 fully saturated rings. The van der Waals surface area contributed by atoms with Gasteiger partial charge >= 0.3 is 0 Å². The average Bonchev–Trinajstić information content (AvgIpc) is 2.48. The number of rotatable bonds is 4. The van der Waals surface area contributed by atoms with Crippen LogP contribution < -0.4 is 10.6 Å². The molecule has 21 heavy (non-hydrogen) atoms. The second kappa shape index (κ2) is 6.60. The molecule has 2 rings (SSSR count). The predicted octanol–water partition coefficient (Wildman–Crippen LogP) is 2.22. The Morgan fingerprint density at radius 3 is 2.62 bits per heavy atom. The molecule has 5 nitrogen and oxygen atoms in total. The Hall–Kier alpha value is -2.76. The number of amides is 2. The second-order valence-corrected chi connectivity index (χ2v) is 4.26. The van der Waals surface area contributed by atoms with Gasteiger partial charge < -0.3 is 10.6 Å². The van der Waals surface area contributed by atoms with Gasteiger partial charge in [-0.05, 0) is 37.3 Å². The van der Waals surface area contributed by atoms with Crippen LogP contribution >= 0.6 is 0 Å². The fraction of sp³-hybridized carbons (Fsp3) is 0.133. The van der Waals surface area contributed by atoms with E-state index < -0.39 is 11.9 Å². The Bertz CT molecular complexity index is 656. The van der Waals surface area contributed by atoms with Crippen LogP contribution in [0.3, 0.4) is 0 Å². The molecule has 0 aliphatic rings. The van der Waals surface area contributed by atoms with Crippen LogP contribution in [-0.2, 0) is 0 Å². The number of carbonyl (C=O) groups excluding carboxylic acids is 2. The lowest BCUT2D eigenvalue weighted by Gasteiger charge is -2.07. The monoisotopic (exact) mass is 287 g/mol. The van der Waals surface area contributed by atoms with Gasteiger partial charge in [0.25, 0.3) is 11.8 Å². The van der Waals surface area contributed by atoms with Crippen LogP contribution in [0.25, 0.3) is 0 Å². The maximum atomic E-state index is 12.7. The van der Waals surface area contributed by atoms with Crippen molar-refractivity contribution in [3.63, 3.8) is 0 Å². The minimum atomic E-state index is -0.648.